The molecule has 2 amide bonds. The number of halogens is 5. The van der Waals surface area contributed by atoms with E-state index in [-0.39, 0.29) is 29.3 Å². The van der Waals surface area contributed by atoms with Crippen molar-refractivity contribution < 1.29 is 40.7 Å². The Kier molecular flexibility index (Phi) is 7.37. The maximum Gasteiger partial charge on any atom is 0.416 e. The summed E-state index contributed by atoms with van der Waals surface area (Å²) in [5.74, 6) is -5.31. The minimum atomic E-state index is -4.53. The summed E-state index contributed by atoms with van der Waals surface area (Å²) in [4.78, 5) is 32.0. The third-order valence-corrected chi connectivity index (χ3v) is 5.25. The number of nitrogens with one attached hydrogen (secondary N) is 1. The highest BCUT2D eigenvalue weighted by molar-refractivity contribution is 5.94. The number of aromatic nitrogens is 2. The van der Waals surface area contributed by atoms with Gasteiger partial charge in [-0.05, 0) is 36.4 Å². The predicted molar refractivity (Wildman–Crippen MR) is 122 cm³/mol. The van der Waals surface area contributed by atoms with Crippen molar-refractivity contribution in [3.05, 3.63) is 101 Å². The fraction of sp³-hybridized carbons (Fsp3) is 0.120. The van der Waals surface area contributed by atoms with Crippen molar-refractivity contribution in [2.75, 3.05) is 6.54 Å². The van der Waals surface area contributed by atoms with Crippen LogP contribution in [0.2, 0.25) is 0 Å². The summed E-state index contributed by atoms with van der Waals surface area (Å²) in [6.07, 6.45) is -1.95. The second-order valence-electron chi connectivity index (χ2n) is 7.80. The van der Waals surface area contributed by atoms with E-state index in [1.165, 1.54) is 36.7 Å². The first-order valence-corrected chi connectivity index (χ1v) is 10.8. The van der Waals surface area contributed by atoms with E-state index in [4.69, 9.17) is 14.9 Å². The van der Waals surface area contributed by atoms with Crippen LogP contribution in [0.4, 0.5) is 22.0 Å². The number of benzene rings is 2. The van der Waals surface area contributed by atoms with E-state index in [1.807, 2.05) is 0 Å². The number of alkyl halides is 3. The summed E-state index contributed by atoms with van der Waals surface area (Å²) < 4.78 is 78.4. The number of primary amides is 1. The molecule has 0 aliphatic heterocycles. The van der Waals surface area contributed by atoms with Crippen molar-refractivity contribution in [3.63, 3.8) is 0 Å². The molecule has 8 nitrogen and oxygen atoms in total. The highest BCUT2D eigenvalue weighted by atomic mass is 19.4. The van der Waals surface area contributed by atoms with Crippen molar-refractivity contribution in [3.8, 4) is 17.0 Å². The van der Waals surface area contributed by atoms with Gasteiger partial charge in [0, 0.05) is 18.0 Å². The van der Waals surface area contributed by atoms with Gasteiger partial charge in [-0.15, -0.1) is 0 Å². The van der Waals surface area contributed by atoms with Gasteiger partial charge in [0.2, 0.25) is 5.89 Å². The van der Waals surface area contributed by atoms with Crippen LogP contribution in [0.25, 0.3) is 11.3 Å². The van der Waals surface area contributed by atoms with E-state index >= 15 is 0 Å². The number of hydrogen-bond acceptors (Lipinski definition) is 6. The van der Waals surface area contributed by atoms with E-state index in [0.29, 0.717) is 0 Å². The quantitative estimate of drug-likeness (QED) is 0.318. The molecule has 38 heavy (non-hydrogen) atoms. The minimum Gasteiger partial charge on any atom is -0.476 e. The highest BCUT2D eigenvalue weighted by Crippen LogP contribution is 2.32. The van der Waals surface area contributed by atoms with Gasteiger partial charge in [-0.25, -0.2) is 13.8 Å². The zero-order chi connectivity index (χ0) is 27.4. The van der Waals surface area contributed by atoms with Crippen LogP contribution in [0.1, 0.15) is 38.3 Å². The number of amides is 2. The molecular formula is C25H17F5N4O4. The Morgan fingerprint density at radius 1 is 1.08 bits per heavy atom. The van der Waals surface area contributed by atoms with Gasteiger partial charge in [0.25, 0.3) is 11.8 Å². The fourth-order valence-corrected chi connectivity index (χ4v) is 3.37. The Bertz CT molecular complexity index is 1460. The van der Waals surface area contributed by atoms with Crippen molar-refractivity contribution in [2.45, 2.75) is 12.3 Å². The third kappa shape index (κ3) is 5.77. The molecular weight excluding hydrogens is 515 g/mol. The summed E-state index contributed by atoms with van der Waals surface area (Å²) in [5, 5.41) is 2.54. The molecule has 4 rings (SSSR count). The number of nitrogens with two attached hydrogens (primary N) is 1. The maximum absolute atomic E-state index is 14.8. The molecule has 196 valence electrons. The molecule has 0 aliphatic carbocycles. The second-order valence-corrected chi connectivity index (χ2v) is 7.80. The number of carbonyl (C=O) groups is 2. The Morgan fingerprint density at radius 2 is 1.82 bits per heavy atom. The Labute approximate surface area is 211 Å². The van der Waals surface area contributed by atoms with Crippen LogP contribution in [-0.4, -0.2) is 28.3 Å². The monoisotopic (exact) mass is 532 g/mol. The number of nitrogens with zero attached hydrogens (tertiary/aromatic N) is 2. The maximum atomic E-state index is 14.8. The smallest absolute Gasteiger partial charge is 0.416 e. The summed E-state index contributed by atoms with van der Waals surface area (Å²) in [6, 6.07) is 8.81. The van der Waals surface area contributed by atoms with E-state index in [0.717, 1.165) is 30.5 Å². The van der Waals surface area contributed by atoms with E-state index in [9.17, 15) is 31.5 Å². The first kappa shape index (κ1) is 26.3. The lowest BCUT2D eigenvalue weighted by Crippen LogP contribution is -2.31. The Hall–Kier alpha value is -4.81. The van der Waals surface area contributed by atoms with Gasteiger partial charge in [-0.2, -0.15) is 13.2 Å². The first-order valence-electron chi connectivity index (χ1n) is 10.8. The van der Waals surface area contributed by atoms with Crippen molar-refractivity contribution in [1.29, 1.82) is 0 Å². The molecule has 4 aromatic rings. The highest BCUT2D eigenvalue weighted by Gasteiger charge is 2.30. The number of hydrogen-bond donors (Lipinski definition) is 2. The van der Waals surface area contributed by atoms with Gasteiger partial charge in [-0.3, -0.25) is 14.6 Å². The molecule has 3 N–H and O–H groups in total. The van der Waals surface area contributed by atoms with Crippen LogP contribution < -0.4 is 15.8 Å². The molecule has 2 aromatic carbocycles. The Balaban J connectivity index is 1.63. The lowest BCUT2D eigenvalue weighted by Gasteiger charge is -2.18. The minimum absolute atomic E-state index is 0.123. The number of pyridine rings is 1. The topological polar surface area (TPSA) is 120 Å². The summed E-state index contributed by atoms with van der Waals surface area (Å²) >= 11 is 0. The molecule has 2 aromatic heterocycles. The molecule has 0 fully saturated rings. The van der Waals surface area contributed by atoms with Gasteiger partial charge in [0.15, 0.2) is 17.7 Å². The van der Waals surface area contributed by atoms with Crippen LogP contribution in [0, 0.1) is 11.6 Å². The Morgan fingerprint density at radius 3 is 2.45 bits per heavy atom. The van der Waals surface area contributed by atoms with Crippen LogP contribution in [0.5, 0.6) is 5.75 Å². The van der Waals surface area contributed by atoms with Gasteiger partial charge in [0.05, 0.1) is 17.7 Å². The summed E-state index contributed by atoms with van der Waals surface area (Å²) in [6.45, 7) is -0.344. The molecule has 1 atom stereocenters. The lowest BCUT2D eigenvalue weighted by molar-refractivity contribution is -0.137. The van der Waals surface area contributed by atoms with Gasteiger partial charge in [0.1, 0.15) is 23.3 Å². The molecule has 0 aliphatic rings. The van der Waals surface area contributed by atoms with Gasteiger partial charge >= 0.3 is 6.18 Å². The normalized spacial score (nSPS) is 12.1. The van der Waals surface area contributed by atoms with E-state index in [2.05, 4.69) is 15.3 Å². The first-order chi connectivity index (χ1) is 18.0. The molecule has 1 unspecified atom stereocenters. The third-order valence-electron chi connectivity index (χ3n) is 5.25. The SMILES string of the molecule is NC(=O)c1c(F)ccc(OC(CNC(=O)c2cccnc2)c2nc(-c3ccc(C(F)(F)F)cc3)co2)c1F. The largest absolute Gasteiger partial charge is 0.476 e. The molecule has 0 spiro atoms. The number of ether oxygens (including phenoxy) is 1. The average Bonchev–Trinajstić information content (AvgIpc) is 3.38. The second kappa shape index (κ2) is 10.7. The van der Waals surface area contributed by atoms with E-state index in [1.54, 1.807) is 0 Å². The molecule has 13 heteroatoms. The van der Waals surface area contributed by atoms with Gasteiger partial charge < -0.3 is 20.2 Å². The summed E-state index contributed by atoms with van der Waals surface area (Å²) in [5.41, 5.74) is 3.77. The van der Waals surface area contributed by atoms with Crippen LogP contribution in [0.15, 0.2) is 71.6 Å². The standard InChI is InChI=1S/C25H17F5N4O4/c26-16-7-8-18(21(27)20(16)22(31)35)38-19(11-33-23(36)14-2-1-9-32-10-14)24-34-17(12-37-24)13-3-5-15(6-4-13)25(28,29)30/h1-10,12,19H,11H2,(H2,31,35)(H,33,36). The number of rotatable bonds is 8. The van der Waals surface area contributed by atoms with Crippen molar-refractivity contribution in [2.24, 2.45) is 5.73 Å². The zero-order valence-corrected chi connectivity index (χ0v) is 19.1. The van der Waals surface area contributed by atoms with Crippen LogP contribution in [0.3, 0.4) is 0 Å². The average molecular weight is 532 g/mol. The molecule has 0 radical (unpaired) electrons. The number of carbonyl (C=O) groups excluding carboxylic acids is 2. The fourth-order valence-electron chi connectivity index (χ4n) is 3.37. The number of oxazole rings is 1. The van der Waals surface area contributed by atoms with Crippen molar-refractivity contribution >= 4 is 11.8 Å². The van der Waals surface area contributed by atoms with E-state index < -0.39 is 52.6 Å². The zero-order valence-electron chi connectivity index (χ0n) is 19.1. The van der Waals surface area contributed by atoms with Crippen molar-refractivity contribution in [1.82, 2.24) is 15.3 Å². The van der Waals surface area contributed by atoms with Crippen LogP contribution >= 0.6 is 0 Å². The molecule has 0 saturated carbocycles. The predicted octanol–water partition coefficient (Wildman–Crippen LogP) is 4.68. The molecule has 0 saturated heterocycles. The lowest BCUT2D eigenvalue weighted by atomic mass is 10.1. The van der Waals surface area contributed by atoms with Gasteiger partial charge in [-0.1, -0.05) is 12.1 Å². The molecule has 2 heterocycles. The van der Waals surface area contributed by atoms with Crippen LogP contribution in [-0.2, 0) is 6.18 Å². The summed E-state index contributed by atoms with van der Waals surface area (Å²) in [7, 11) is 0. The molecule has 0 bridgehead atoms.